The van der Waals surface area contributed by atoms with Crippen molar-refractivity contribution >= 4 is 21.8 Å². The quantitative estimate of drug-likeness (QED) is 0.113. The molecular formula is C25H31BrN4O. The molecule has 2 aromatic carbocycles. The number of unbranched alkanes of at least 4 members (excludes halogenated alkanes) is 3. The number of hydrogen-bond donors (Lipinski definition) is 0. The molecule has 0 saturated carbocycles. The molecule has 6 heteroatoms. The number of alkyl halides is 1. The van der Waals surface area contributed by atoms with Crippen LogP contribution in [0.1, 0.15) is 75.1 Å². The van der Waals surface area contributed by atoms with Gasteiger partial charge in [-0.1, -0.05) is 114 Å². The van der Waals surface area contributed by atoms with Crippen LogP contribution in [0.3, 0.4) is 0 Å². The fourth-order valence-corrected chi connectivity index (χ4v) is 5.15. The van der Waals surface area contributed by atoms with Crippen LogP contribution in [0.25, 0.3) is 10.4 Å². The minimum Gasteiger partial charge on any atom is -0.328 e. The average Bonchev–Trinajstić information content (AvgIpc) is 3.26. The maximum Gasteiger partial charge on any atom is 0.237 e. The Kier molecular flexibility index (Phi) is 8.98. The molecule has 1 aliphatic rings. The SMILES string of the molecule is CCCCCC[C@@H](N=[N+]=[N-])[C@@H](Br)C(=O)N1[C@H](c2ccccc2)CC[C@H]1c1ccccc1. The van der Waals surface area contributed by atoms with Crippen molar-refractivity contribution in [2.75, 3.05) is 0 Å². The van der Waals surface area contributed by atoms with E-state index in [0.29, 0.717) is 6.42 Å². The van der Waals surface area contributed by atoms with Gasteiger partial charge < -0.3 is 4.90 Å². The number of hydrogen-bond acceptors (Lipinski definition) is 2. The Hall–Kier alpha value is -2.30. The zero-order chi connectivity index (χ0) is 22.1. The summed E-state index contributed by atoms with van der Waals surface area (Å²) in [5, 5.41) is 4.00. The van der Waals surface area contributed by atoms with E-state index in [4.69, 9.17) is 5.53 Å². The van der Waals surface area contributed by atoms with Crippen LogP contribution in [0.2, 0.25) is 0 Å². The third-order valence-corrected chi connectivity index (χ3v) is 7.14. The number of benzene rings is 2. The maximum atomic E-state index is 13.8. The highest BCUT2D eigenvalue weighted by Crippen LogP contribution is 2.45. The smallest absolute Gasteiger partial charge is 0.237 e. The van der Waals surface area contributed by atoms with Crippen molar-refractivity contribution in [1.82, 2.24) is 4.90 Å². The fraction of sp³-hybridized carbons (Fsp3) is 0.480. The van der Waals surface area contributed by atoms with Gasteiger partial charge in [-0.25, -0.2) is 0 Å². The second kappa shape index (κ2) is 11.9. The van der Waals surface area contributed by atoms with Gasteiger partial charge in [0.05, 0.1) is 18.1 Å². The van der Waals surface area contributed by atoms with Gasteiger partial charge in [-0.3, -0.25) is 4.79 Å². The number of carbonyl (C=O) groups is 1. The van der Waals surface area contributed by atoms with Crippen molar-refractivity contribution in [3.05, 3.63) is 82.2 Å². The highest BCUT2D eigenvalue weighted by molar-refractivity contribution is 9.10. The zero-order valence-electron chi connectivity index (χ0n) is 18.1. The minimum atomic E-state index is -0.527. The van der Waals surface area contributed by atoms with E-state index in [-0.39, 0.29) is 24.0 Å². The van der Waals surface area contributed by atoms with Gasteiger partial charge in [0.2, 0.25) is 5.91 Å². The van der Waals surface area contributed by atoms with E-state index in [1.165, 1.54) is 0 Å². The van der Waals surface area contributed by atoms with Crippen LogP contribution >= 0.6 is 15.9 Å². The summed E-state index contributed by atoms with van der Waals surface area (Å²) in [5.41, 5.74) is 11.4. The van der Waals surface area contributed by atoms with Gasteiger partial charge in [0.25, 0.3) is 0 Å². The Morgan fingerprint density at radius 3 is 2.06 bits per heavy atom. The predicted octanol–water partition coefficient (Wildman–Crippen LogP) is 7.50. The number of azide groups is 1. The summed E-state index contributed by atoms with van der Waals surface area (Å²) >= 11 is 3.63. The first-order valence-electron chi connectivity index (χ1n) is 11.3. The van der Waals surface area contributed by atoms with Gasteiger partial charge in [-0.2, -0.15) is 0 Å². The number of nitrogens with zero attached hydrogens (tertiary/aromatic N) is 4. The first-order chi connectivity index (χ1) is 15.2. The van der Waals surface area contributed by atoms with Crippen molar-refractivity contribution in [3.63, 3.8) is 0 Å². The predicted molar refractivity (Wildman–Crippen MR) is 129 cm³/mol. The van der Waals surface area contributed by atoms with Gasteiger partial charge in [0, 0.05) is 4.91 Å². The van der Waals surface area contributed by atoms with Crippen molar-refractivity contribution in [3.8, 4) is 0 Å². The molecule has 0 radical (unpaired) electrons. The average molecular weight is 483 g/mol. The second-order valence-corrected chi connectivity index (χ2v) is 9.19. The van der Waals surface area contributed by atoms with Gasteiger partial charge >= 0.3 is 0 Å². The molecule has 1 amide bonds. The van der Waals surface area contributed by atoms with E-state index in [1.54, 1.807) is 0 Å². The molecule has 1 heterocycles. The fourth-order valence-electron chi connectivity index (χ4n) is 4.54. The number of halogens is 1. The van der Waals surface area contributed by atoms with E-state index in [0.717, 1.165) is 49.7 Å². The monoisotopic (exact) mass is 482 g/mol. The van der Waals surface area contributed by atoms with E-state index in [9.17, 15) is 4.79 Å². The van der Waals surface area contributed by atoms with E-state index in [2.05, 4.69) is 57.1 Å². The van der Waals surface area contributed by atoms with Crippen LogP contribution in [0, 0.1) is 0 Å². The van der Waals surface area contributed by atoms with Crippen molar-refractivity contribution in [1.29, 1.82) is 0 Å². The normalized spacial score (nSPS) is 20.1. The molecule has 0 bridgehead atoms. The van der Waals surface area contributed by atoms with Crippen LogP contribution in [-0.2, 0) is 4.79 Å². The number of rotatable bonds is 10. The summed E-state index contributed by atoms with van der Waals surface area (Å²) in [6.45, 7) is 2.17. The lowest BCUT2D eigenvalue weighted by molar-refractivity contribution is -0.134. The molecule has 0 aliphatic carbocycles. The van der Waals surface area contributed by atoms with Gasteiger partial charge in [0.1, 0.15) is 4.83 Å². The molecule has 3 rings (SSSR count). The number of carbonyl (C=O) groups excluding carboxylic acids is 1. The molecule has 1 saturated heterocycles. The molecule has 0 aromatic heterocycles. The van der Waals surface area contributed by atoms with E-state index in [1.807, 2.05) is 41.3 Å². The highest BCUT2D eigenvalue weighted by atomic mass is 79.9. The lowest BCUT2D eigenvalue weighted by Gasteiger charge is -2.34. The summed E-state index contributed by atoms with van der Waals surface area (Å²) in [6.07, 6.45) is 6.89. The summed E-state index contributed by atoms with van der Waals surface area (Å²) in [6, 6.07) is 20.1. The molecule has 164 valence electrons. The van der Waals surface area contributed by atoms with Gasteiger partial charge in [-0.05, 0) is 35.9 Å². The van der Waals surface area contributed by atoms with Gasteiger partial charge in [0.15, 0.2) is 0 Å². The standard InChI is InChI=1S/C25H31BrN4O/c1-2-3-4-11-16-21(28-29-27)24(26)25(31)30-22(19-12-7-5-8-13-19)17-18-23(30)20-14-9-6-10-15-20/h5-10,12-15,21-24H,2-4,11,16-18H2,1H3/t21-,22+,23+,24-/m1/s1. The minimum absolute atomic E-state index is 0.00750. The van der Waals surface area contributed by atoms with Crippen LogP contribution in [0.4, 0.5) is 0 Å². The summed E-state index contributed by atoms with van der Waals surface area (Å²) in [4.78, 5) is 18.4. The second-order valence-electron chi connectivity index (χ2n) is 8.20. The van der Waals surface area contributed by atoms with Crippen molar-refractivity contribution in [2.45, 2.75) is 74.8 Å². The van der Waals surface area contributed by atoms with Crippen LogP contribution in [0.15, 0.2) is 65.8 Å². The number of likely N-dealkylation sites (tertiary alicyclic amines) is 1. The van der Waals surface area contributed by atoms with Gasteiger partial charge in [-0.15, -0.1) is 0 Å². The molecule has 4 atom stereocenters. The molecule has 1 fully saturated rings. The van der Waals surface area contributed by atoms with Crippen LogP contribution < -0.4 is 0 Å². The lowest BCUT2D eigenvalue weighted by atomic mass is 10.0. The first-order valence-corrected chi connectivity index (χ1v) is 12.2. The van der Waals surface area contributed by atoms with Crippen LogP contribution in [0.5, 0.6) is 0 Å². The molecule has 1 aliphatic heterocycles. The third-order valence-electron chi connectivity index (χ3n) is 6.14. The zero-order valence-corrected chi connectivity index (χ0v) is 19.7. The molecular weight excluding hydrogens is 452 g/mol. The Bertz CT molecular complexity index is 822. The van der Waals surface area contributed by atoms with Crippen LogP contribution in [-0.4, -0.2) is 21.7 Å². The molecule has 31 heavy (non-hydrogen) atoms. The highest BCUT2D eigenvalue weighted by Gasteiger charge is 2.41. The Morgan fingerprint density at radius 2 is 1.58 bits per heavy atom. The molecule has 5 nitrogen and oxygen atoms in total. The molecule has 0 N–H and O–H groups in total. The maximum absolute atomic E-state index is 13.8. The van der Waals surface area contributed by atoms with E-state index < -0.39 is 4.83 Å². The largest absolute Gasteiger partial charge is 0.328 e. The van der Waals surface area contributed by atoms with E-state index >= 15 is 0 Å². The molecule has 2 aromatic rings. The van der Waals surface area contributed by atoms with Crippen molar-refractivity contribution in [2.24, 2.45) is 5.11 Å². The van der Waals surface area contributed by atoms with Crippen molar-refractivity contribution < 1.29 is 4.79 Å². The first kappa shape index (κ1) is 23.4. The summed E-state index contributed by atoms with van der Waals surface area (Å²) < 4.78 is 0. The topological polar surface area (TPSA) is 69.1 Å². The Balaban J connectivity index is 1.86. The third kappa shape index (κ3) is 5.90. The number of amides is 1. The molecule has 0 unspecified atom stereocenters. The summed E-state index contributed by atoms with van der Waals surface area (Å²) in [5.74, 6) is 0.00750. The Morgan fingerprint density at radius 1 is 1.03 bits per heavy atom. The summed E-state index contributed by atoms with van der Waals surface area (Å²) in [7, 11) is 0. The lowest BCUT2D eigenvalue weighted by Crippen LogP contribution is -2.42. The molecule has 0 spiro atoms. The Labute approximate surface area is 193 Å².